The van der Waals surface area contributed by atoms with E-state index in [2.05, 4.69) is 10.3 Å². The van der Waals surface area contributed by atoms with Gasteiger partial charge in [-0.05, 0) is 43.9 Å². The molecule has 0 spiro atoms. The highest BCUT2D eigenvalue weighted by Gasteiger charge is 2.30. The maximum absolute atomic E-state index is 12.9. The Morgan fingerprint density at radius 2 is 2.28 bits per heavy atom. The minimum atomic E-state index is -0.102. The van der Waals surface area contributed by atoms with E-state index in [9.17, 15) is 4.79 Å². The third kappa shape index (κ3) is 3.22. The summed E-state index contributed by atoms with van der Waals surface area (Å²) in [5.41, 5.74) is 1.43. The molecule has 130 valence electrons. The number of rotatable bonds is 4. The molecular formula is C18H20N4O3. The molecule has 4 rings (SSSR count). The van der Waals surface area contributed by atoms with Gasteiger partial charge in [-0.2, -0.15) is 5.10 Å². The second kappa shape index (κ2) is 6.58. The van der Waals surface area contributed by atoms with Gasteiger partial charge in [-0.1, -0.05) is 5.16 Å². The fourth-order valence-electron chi connectivity index (χ4n) is 3.30. The summed E-state index contributed by atoms with van der Waals surface area (Å²) in [5, 5.41) is 8.29. The highest BCUT2D eigenvalue weighted by atomic mass is 16.5. The van der Waals surface area contributed by atoms with E-state index < -0.39 is 0 Å². The molecule has 1 atom stereocenters. The molecule has 1 amide bonds. The Morgan fingerprint density at radius 3 is 3.04 bits per heavy atom. The zero-order valence-corrected chi connectivity index (χ0v) is 14.1. The fourth-order valence-corrected chi connectivity index (χ4v) is 3.30. The Kier molecular flexibility index (Phi) is 4.13. The van der Waals surface area contributed by atoms with Crippen molar-refractivity contribution in [2.24, 2.45) is 0 Å². The zero-order chi connectivity index (χ0) is 17.2. The first-order valence-corrected chi connectivity index (χ1v) is 8.51. The third-order valence-corrected chi connectivity index (χ3v) is 4.54. The van der Waals surface area contributed by atoms with Gasteiger partial charge in [0.25, 0.3) is 5.91 Å². The van der Waals surface area contributed by atoms with Crippen LogP contribution in [0.15, 0.2) is 45.8 Å². The van der Waals surface area contributed by atoms with E-state index in [1.54, 1.807) is 24.5 Å². The van der Waals surface area contributed by atoms with Crippen molar-refractivity contribution in [1.29, 1.82) is 0 Å². The molecule has 0 radical (unpaired) electrons. The predicted molar refractivity (Wildman–Crippen MR) is 89.8 cm³/mol. The van der Waals surface area contributed by atoms with Gasteiger partial charge < -0.3 is 13.8 Å². The van der Waals surface area contributed by atoms with Crippen molar-refractivity contribution in [3.05, 3.63) is 48.1 Å². The van der Waals surface area contributed by atoms with Gasteiger partial charge in [0, 0.05) is 18.8 Å². The molecule has 0 aliphatic carbocycles. The fraction of sp³-hybridized carbons (Fsp3) is 0.389. The maximum Gasteiger partial charge on any atom is 0.276 e. The number of hydrogen-bond acceptors (Lipinski definition) is 5. The summed E-state index contributed by atoms with van der Waals surface area (Å²) in [6, 6.07) is 5.31. The molecular weight excluding hydrogens is 320 g/mol. The van der Waals surface area contributed by atoms with Gasteiger partial charge >= 0.3 is 0 Å². The number of hydrogen-bond donors (Lipinski definition) is 0. The summed E-state index contributed by atoms with van der Waals surface area (Å²) in [4.78, 5) is 14.8. The monoisotopic (exact) mass is 340 g/mol. The van der Waals surface area contributed by atoms with Gasteiger partial charge in [0.1, 0.15) is 0 Å². The first kappa shape index (κ1) is 15.7. The standard InChI is InChI=1S/C18H20N4O3/c1-13-10-19-21(11-13)12-14-5-2-3-7-22(14)18(23)15-9-17(25-20-15)16-6-4-8-24-16/h4,6,8-11,14H,2-3,5,7,12H2,1H3/t14-/m1/s1. The normalized spacial score (nSPS) is 17.8. The number of furan rings is 1. The van der Waals surface area contributed by atoms with Crippen LogP contribution in [0.3, 0.4) is 0 Å². The summed E-state index contributed by atoms with van der Waals surface area (Å²) >= 11 is 0. The van der Waals surface area contributed by atoms with E-state index in [0.717, 1.165) is 31.4 Å². The third-order valence-electron chi connectivity index (χ3n) is 4.54. The number of likely N-dealkylation sites (tertiary alicyclic amines) is 1. The number of carbonyl (C=O) groups is 1. The number of aryl methyl sites for hydroxylation is 1. The zero-order valence-electron chi connectivity index (χ0n) is 14.1. The number of aromatic nitrogens is 3. The van der Waals surface area contributed by atoms with Gasteiger partial charge in [-0.3, -0.25) is 9.48 Å². The van der Waals surface area contributed by atoms with Gasteiger partial charge in [0.05, 0.1) is 25.0 Å². The quantitative estimate of drug-likeness (QED) is 0.729. The van der Waals surface area contributed by atoms with E-state index in [1.165, 1.54) is 0 Å². The van der Waals surface area contributed by atoms with Crippen molar-refractivity contribution in [3.63, 3.8) is 0 Å². The van der Waals surface area contributed by atoms with Crippen LogP contribution in [-0.2, 0) is 6.54 Å². The Morgan fingerprint density at radius 1 is 1.36 bits per heavy atom. The van der Waals surface area contributed by atoms with E-state index in [-0.39, 0.29) is 11.9 Å². The SMILES string of the molecule is Cc1cnn(C[C@H]2CCCCN2C(=O)c2cc(-c3ccco3)on2)c1. The number of nitrogens with zero attached hydrogens (tertiary/aromatic N) is 4. The highest BCUT2D eigenvalue weighted by Crippen LogP contribution is 2.24. The van der Waals surface area contributed by atoms with Crippen LogP contribution >= 0.6 is 0 Å². The van der Waals surface area contributed by atoms with E-state index in [1.807, 2.05) is 28.9 Å². The van der Waals surface area contributed by atoms with Crippen LogP contribution in [0.2, 0.25) is 0 Å². The number of carbonyl (C=O) groups excluding carboxylic acids is 1. The summed E-state index contributed by atoms with van der Waals surface area (Å²) in [6.07, 6.45) is 8.48. The lowest BCUT2D eigenvalue weighted by atomic mass is 10.0. The van der Waals surface area contributed by atoms with Crippen LogP contribution < -0.4 is 0 Å². The Bertz CT molecular complexity index is 849. The minimum Gasteiger partial charge on any atom is -0.461 e. The molecule has 0 N–H and O–H groups in total. The summed E-state index contributed by atoms with van der Waals surface area (Å²) < 4.78 is 12.5. The summed E-state index contributed by atoms with van der Waals surface area (Å²) in [7, 11) is 0. The first-order chi connectivity index (χ1) is 12.2. The van der Waals surface area contributed by atoms with E-state index in [4.69, 9.17) is 8.94 Å². The predicted octanol–water partition coefficient (Wildman–Crippen LogP) is 3.13. The molecule has 1 aliphatic heterocycles. The highest BCUT2D eigenvalue weighted by molar-refractivity contribution is 5.93. The molecule has 4 heterocycles. The maximum atomic E-state index is 12.9. The molecule has 0 aromatic carbocycles. The lowest BCUT2D eigenvalue weighted by Crippen LogP contribution is -2.46. The van der Waals surface area contributed by atoms with Crippen molar-refractivity contribution < 1.29 is 13.7 Å². The molecule has 7 nitrogen and oxygen atoms in total. The minimum absolute atomic E-state index is 0.102. The molecule has 3 aromatic heterocycles. The Hall–Kier alpha value is -2.83. The second-order valence-electron chi connectivity index (χ2n) is 6.44. The lowest BCUT2D eigenvalue weighted by molar-refractivity contribution is 0.0573. The molecule has 0 bridgehead atoms. The smallest absolute Gasteiger partial charge is 0.276 e. The summed E-state index contributed by atoms with van der Waals surface area (Å²) in [6.45, 7) is 3.44. The van der Waals surface area contributed by atoms with Crippen molar-refractivity contribution >= 4 is 5.91 Å². The van der Waals surface area contributed by atoms with Crippen molar-refractivity contribution in [2.45, 2.75) is 38.8 Å². The first-order valence-electron chi connectivity index (χ1n) is 8.51. The topological polar surface area (TPSA) is 77.3 Å². The van der Waals surface area contributed by atoms with Crippen molar-refractivity contribution in [3.8, 4) is 11.5 Å². The van der Waals surface area contributed by atoms with Crippen LogP contribution in [0.1, 0.15) is 35.3 Å². The van der Waals surface area contributed by atoms with Crippen LogP contribution in [-0.4, -0.2) is 38.3 Å². The summed E-state index contributed by atoms with van der Waals surface area (Å²) in [5.74, 6) is 0.925. The van der Waals surface area contributed by atoms with Crippen molar-refractivity contribution in [2.75, 3.05) is 6.54 Å². The van der Waals surface area contributed by atoms with Gasteiger partial charge in [0.15, 0.2) is 11.5 Å². The molecule has 25 heavy (non-hydrogen) atoms. The molecule has 0 unspecified atom stereocenters. The van der Waals surface area contributed by atoms with Crippen LogP contribution in [0.25, 0.3) is 11.5 Å². The Labute approximate surface area is 145 Å². The van der Waals surface area contributed by atoms with E-state index in [0.29, 0.717) is 23.8 Å². The molecule has 1 saturated heterocycles. The largest absolute Gasteiger partial charge is 0.461 e. The molecule has 3 aromatic rings. The molecule has 1 aliphatic rings. The Balaban J connectivity index is 1.52. The molecule has 1 fully saturated rings. The molecule has 0 saturated carbocycles. The van der Waals surface area contributed by atoms with Crippen LogP contribution in [0.4, 0.5) is 0 Å². The van der Waals surface area contributed by atoms with Gasteiger partial charge in [-0.15, -0.1) is 0 Å². The molecule has 7 heteroatoms. The van der Waals surface area contributed by atoms with Crippen LogP contribution in [0.5, 0.6) is 0 Å². The average molecular weight is 340 g/mol. The van der Waals surface area contributed by atoms with Gasteiger partial charge in [-0.25, -0.2) is 0 Å². The van der Waals surface area contributed by atoms with E-state index >= 15 is 0 Å². The number of piperidine rings is 1. The lowest BCUT2D eigenvalue weighted by Gasteiger charge is -2.35. The van der Waals surface area contributed by atoms with Gasteiger partial charge in [0.2, 0.25) is 5.76 Å². The van der Waals surface area contributed by atoms with Crippen LogP contribution in [0, 0.1) is 6.92 Å². The second-order valence-corrected chi connectivity index (χ2v) is 6.44. The van der Waals surface area contributed by atoms with Crippen molar-refractivity contribution in [1.82, 2.24) is 19.8 Å². The average Bonchev–Trinajstić information content (AvgIpc) is 3.36. The number of amides is 1.